The number of aliphatic carboxylic acids is 1. The molecule has 196 valence electrons. The topological polar surface area (TPSA) is 135 Å². The van der Waals surface area contributed by atoms with Crippen LogP contribution in [0.4, 0.5) is 5.82 Å². The van der Waals surface area contributed by atoms with Gasteiger partial charge in [-0.3, -0.25) is 14.3 Å². The number of anilines is 1. The number of carboxylic acid groups (broad SMARTS) is 1. The number of hydrogen-bond acceptors (Lipinski definition) is 7. The summed E-state index contributed by atoms with van der Waals surface area (Å²) in [6.45, 7) is 0. The molecule has 4 heterocycles. The van der Waals surface area contributed by atoms with Crippen LogP contribution in [0.3, 0.4) is 0 Å². The highest BCUT2D eigenvalue weighted by molar-refractivity contribution is 6.39. The summed E-state index contributed by atoms with van der Waals surface area (Å²) in [5.41, 5.74) is 3.63. The number of nitrogens with zero attached hydrogens (tertiary/aromatic N) is 5. The third-order valence-corrected chi connectivity index (χ3v) is 6.59. The zero-order valence-electron chi connectivity index (χ0n) is 20.5. The molecule has 0 radical (unpaired) electrons. The molecule has 1 aromatic carbocycles. The lowest BCUT2D eigenvalue weighted by atomic mass is 10.0. The van der Waals surface area contributed by atoms with Crippen LogP contribution in [-0.4, -0.2) is 54.6 Å². The monoisotopic (exact) mass is 561 g/mol. The Morgan fingerprint density at radius 3 is 2.38 bits per heavy atom. The number of fused-ring (bicyclic) bond motifs is 1. The fourth-order valence-electron chi connectivity index (χ4n) is 4.10. The van der Waals surface area contributed by atoms with Crippen LogP contribution in [0.15, 0.2) is 73.3 Å². The van der Waals surface area contributed by atoms with Crippen LogP contribution in [0.2, 0.25) is 10.0 Å². The summed E-state index contributed by atoms with van der Waals surface area (Å²) in [4.78, 5) is 42.2. The highest BCUT2D eigenvalue weighted by Crippen LogP contribution is 2.28. The summed E-state index contributed by atoms with van der Waals surface area (Å²) in [6, 6.07) is 13.6. The number of aromatic nitrogens is 5. The van der Waals surface area contributed by atoms with Gasteiger partial charge in [0.25, 0.3) is 5.91 Å². The van der Waals surface area contributed by atoms with Crippen LogP contribution in [-0.2, 0) is 11.2 Å². The Labute approximate surface area is 232 Å². The Balaban J connectivity index is 1.43. The van der Waals surface area contributed by atoms with Gasteiger partial charge in [-0.15, -0.1) is 0 Å². The quantitative estimate of drug-likeness (QED) is 0.249. The molecule has 5 rings (SSSR count). The highest BCUT2D eigenvalue weighted by atomic mass is 35.5. The number of nitrogens with one attached hydrogen (secondary N) is 2. The van der Waals surface area contributed by atoms with E-state index in [1.807, 2.05) is 41.0 Å². The number of pyridine rings is 3. The van der Waals surface area contributed by atoms with Crippen molar-refractivity contribution in [1.82, 2.24) is 29.8 Å². The van der Waals surface area contributed by atoms with Gasteiger partial charge in [-0.05, 0) is 42.0 Å². The molecule has 0 unspecified atom stereocenters. The molecule has 0 saturated carbocycles. The maximum atomic E-state index is 12.7. The van der Waals surface area contributed by atoms with E-state index in [1.54, 1.807) is 31.6 Å². The fourth-order valence-corrected chi connectivity index (χ4v) is 4.64. The van der Waals surface area contributed by atoms with E-state index in [-0.39, 0.29) is 22.0 Å². The minimum Gasteiger partial charge on any atom is -0.480 e. The zero-order chi connectivity index (χ0) is 27.5. The first kappa shape index (κ1) is 26.1. The van der Waals surface area contributed by atoms with Gasteiger partial charge in [-0.1, -0.05) is 35.3 Å². The van der Waals surface area contributed by atoms with Crippen LogP contribution in [0.1, 0.15) is 15.9 Å². The molecule has 12 heteroatoms. The number of rotatable bonds is 8. The lowest BCUT2D eigenvalue weighted by molar-refractivity contribution is -0.139. The number of benzene rings is 1. The Kier molecular flexibility index (Phi) is 7.40. The van der Waals surface area contributed by atoms with Crippen LogP contribution >= 0.6 is 23.2 Å². The van der Waals surface area contributed by atoms with E-state index in [2.05, 4.69) is 25.6 Å². The van der Waals surface area contributed by atoms with Gasteiger partial charge in [-0.2, -0.15) is 0 Å². The highest BCUT2D eigenvalue weighted by Gasteiger charge is 2.24. The summed E-state index contributed by atoms with van der Waals surface area (Å²) in [5.74, 6) is -0.501. The van der Waals surface area contributed by atoms with Gasteiger partial charge in [0.15, 0.2) is 5.65 Å². The lowest BCUT2D eigenvalue weighted by Crippen LogP contribution is -2.42. The fraction of sp³-hybridized carbons (Fsp3) is 0.111. The molecule has 4 aromatic heterocycles. The summed E-state index contributed by atoms with van der Waals surface area (Å²) in [6.07, 6.45) is 6.00. The first-order valence-corrected chi connectivity index (χ1v) is 12.5. The van der Waals surface area contributed by atoms with E-state index in [0.717, 1.165) is 22.6 Å². The van der Waals surface area contributed by atoms with E-state index in [4.69, 9.17) is 28.2 Å². The average Bonchev–Trinajstić information content (AvgIpc) is 3.32. The SMILES string of the molecule is CNc1ccc(-c2nc3cccnc3n2-c2ccc(C[C@H](NC(=O)c3c(Cl)cncc3Cl)C(=O)O)cc2)cn1. The minimum atomic E-state index is -1.22. The van der Waals surface area contributed by atoms with Gasteiger partial charge < -0.3 is 15.7 Å². The molecule has 0 fully saturated rings. The summed E-state index contributed by atoms with van der Waals surface area (Å²) in [7, 11) is 1.80. The van der Waals surface area contributed by atoms with Crippen LogP contribution in [0.25, 0.3) is 28.2 Å². The Bertz CT molecular complexity index is 1650. The Morgan fingerprint density at radius 2 is 1.74 bits per heavy atom. The Morgan fingerprint density at radius 1 is 1.00 bits per heavy atom. The van der Waals surface area contributed by atoms with Crippen LogP contribution < -0.4 is 10.6 Å². The first-order chi connectivity index (χ1) is 18.9. The van der Waals surface area contributed by atoms with Gasteiger partial charge >= 0.3 is 5.97 Å². The normalized spacial score (nSPS) is 11.8. The van der Waals surface area contributed by atoms with Crippen LogP contribution in [0, 0.1) is 0 Å². The zero-order valence-corrected chi connectivity index (χ0v) is 22.0. The second kappa shape index (κ2) is 11.1. The van der Waals surface area contributed by atoms with Gasteiger partial charge in [-0.25, -0.2) is 19.7 Å². The third-order valence-electron chi connectivity index (χ3n) is 6.01. The molecule has 1 atom stereocenters. The maximum Gasteiger partial charge on any atom is 0.326 e. The number of hydrogen-bond donors (Lipinski definition) is 3. The molecular weight excluding hydrogens is 541 g/mol. The van der Waals surface area contributed by atoms with Crippen molar-refractivity contribution in [3.8, 4) is 17.1 Å². The molecule has 0 aliphatic carbocycles. The van der Waals surface area contributed by atoms with Crippen molar-refractivity contribution < 1.29 is 14.7 Å². The van der Waals surface area contributed by atoms with Gasteiger partial charge in [0.05, 0.1) is 15.6 Å². The van der Waals surface area contributed by atoms with E-state index in [1.165, 1.54) is 12.4 Å². The van der Waals surface area contributed by atoms with Gasteiger partial charge in [0, 0.05) is 49.5 Å². The molecule has 0 saturated heterocycles. The van der Waals surface area contributed by atoms with Gasteiger partial charge in [0.1, 0.15) is 23.2 Å². The molecule has 1 amide bonds. The molecule has 5 aromatic rings. The van der Waals surface area contributed by atoms with Crippen LogP contribution in [0.5, 0.6) is 0 Å². The average molecular weight is 562 g/mol. The molecule has 0 aliphatic rings. The molecule has 39 heavy (non-hydrogen) atoms. The molecule has 10 nitrogen and oxygen atoms in total. The van der Waals surface area contributed by atoms with Crippen molar-refractivity contribution in [2.75, 3.05) is 12.4 Å². The number of carbonyl (C=O) groups excluding carboxylic acids is 1. The number of carbonyl (C=O) groups is 2. The van der Waals surface area contributed by atoms with E-state index >= 15 is 0 Å². The number of amides is 1. The van der Waals surface area contributed by atoms with E-state index < -0.39 is 17.9 Å². The number of carboxylic acids is 1. The van der Waals surface area contributed by atoms with Crippen molar-refractivity contribution in [1.29, 1.82) is 0 Å². The lowest BCUT2D eigenvalue weighted by Gasteiger charge is -2.16. The molecule has 0 bridgehead atoms. The molecule has 3 N–H and O–H groups in total. The minimum absolute atomic E-state index is 0.0285. The summed E-state index contributed by atoms with van der Waals surface area (Å²) in [5, 5.41) is 15.3. The second-order valence-corrected chi connectivity index (χ2v) is 9.33. The van der Waals surface area contributed by atoms with Crippen molar-refractivity contribution in [3.63, 3.8) is 0 Å². The third kappa shape index (κ3) is 5.38. The predicted molar refractivity (Wildman–Crippen MR) is 148 cm³/mol. The second-order valence-electron chi connectivity index (χ2n) is 8.51. The van der Waals surface area contributed by atoms with Crippen molar-refractivity contribution in [2.24, 2.45) is 0 Å². The van der Waals surface area contributed by atoms with Crippen molar-refractivity contribution in [2.45, 2.75) is 12.5 Å². The van der Waals surface area contributed by atoms with Crippen molar-refractivity contribution in [3.05, 3.63) is 94.5 Å². The van der Waals surface area contributed by atoms with Gasteiger partial charge in [0.2, 0.25) is 0 Å². The largest absolute Gasteiger partial charge is 0.480 e. The smallest absolute Gasteiger partial charge is 0.326 e. The molecule has 0 spiro atoms. The summed E-state index contributed by atoms with van der Waals surface area (Å²) < 4.78 is 1.92. The molecule has 0 aliphatic heterocycles. The van der Waals surface area contributed by atoms with E-state index in [9.17, 15) is 14.7 Å². The number of imidazole rings is 1. The first-order valence-electron chi connectivity index (χ1n) is 11.8. The standard InChI is InChI=1S/C27H21Cl2N7O3/c1-30-22-9-6-16(12-33-22)24-34-20-3-2-10-32-25(20)36(24)17-7-4-15(5-8-17)11-21(27(38)39)35-26(37)23-18(28)13-31-14-19(23)29/h2-10,12-14,21H,11H2,1H3,(H,30,33)(H,35,37)(H,38,39)/t21-/m0/s1. The number of halogens is 2. The predicted octanol–water partition coefficient (Wildman–Crippen LogP) is 4.65. The molecular formula is C27H21Cl2N7O3. The maximum absolute atomic E-state index is 12.7. The van der Waals surface area contributed by atoms with E-state index in [0.29, 0.717) is 17.0 Å². The summed E-state index contributed by atoms with van der Waals surface area (Å²) >= 11 is 12.1. The Hall–Kier alpha value is -4.54. The van der Waals surface area contributed by atoms with Crippen molar-refractivity contribution >= 4 is 52.1 Å².